The SMILES string of the molecule is Cc1ccsc1CN(Cc1nccn1C)CC(C)O.O=C(O)CC(O)(CC(=O)O)C(=O)O. The summed E-state index contributed by atoms with van der Waals surface area (Å²) < 4.78 is 2.02. The zero-order chi connectivity index (χ0) is 24.5. The lowest BCUT2D eigenvalue weighted by Gasteiger charge is -2.23. The number of nitrogens with zero attached hydrogens (tertiary/aromatic N) is 3. The van der Waals surface area contributed by atoms with Gasteiger partial charge >= 0.3 is 17.9 Å². The molecule has 0 aliphatic rings. The first-order valence-electron chi connectivity index (χ1n) is 9.63. The van der Waals surface area contributed by atoms with Gasteiger partial charge in [-0.2, -0.15) is 0 Å². The van der Waals surface area contributed by atoms with Crippen LogP contribution in [0.2, 0.25) is 0 Å². The number of imidazole rings is 1. The maximum absolute atomic E-state index is 10.3. The van der Waals surface area contributed by atoms with Gasteiger partial charge in [-0.15, -0.1) is 11.3 Å². The molecule has 178 valence electrons. The molecule has 0 bridgehead atoms. The van der Waals surface area contributed by atoms with Gasteiger partial charge in [-0.1, -0.05) is 0 Å². The average Bonchev–Trinajstić information content (AvgIpc) is 3.22. The summed E-state index contributed by atoms with van der Waals surface area (Å²) in [7, 11) is 2.00. The number of carboxylic acids is 3. The lowest BCUT2D eigenvalue weighted by Crippen LogP contribution is -2.42. The number of aliphatic hydroxyl groups is 2. The molecular weight excluding hydrogens is 442 g/mol. The predicted molar refractivity (Wildman–Crippen MR) is 115 cm³/mol. The number of rotatable bonds is 11. The Balaban J connectivity index is 0.000000347. The van der Waals surface area contributed by atoms with Crippen molar-refractivity contribution in [1.82, 2.24) is 14.5 Å². The summed E-state index contributed by atoms with van der Waals surface area (Å²) in [5.74, 6) is -4.00. The minimum Gasteiger partial charge on any atom is -0.481 e. The van der Waals surface area contributed by atoms with Gasteiger partial charge < -0.3 is 30.1 Å². The van der Waals surface area contributed by atoms with E-state index in [2.05, 4.69) is 28.3 Å². The number of aliphatic carboxylic acids is 3. The fourth-order valence-corrected chi connectivity index (χ4v) is 3.74. The van der Waals surface area contributed by atoms with Crippen LogP contribution < -0.4 is 0 Å². The van der Waals surface area contributed by atoms with Crippen molar-refractivity contribution in [1.29, 1.82) is 0 Å². The van der Waals surface area contributed by atoms with E-state index in [-0.39, 0.29) is 6.10 Å². The van der Waals surface area contributed by atoms with Gasteiger partial charge in [0.25, 0.3) is 0 Å². The Kier molecular flexibility index (Phi) is 10.5. The van der Waals surface area contributed by atoms with Crippen LogP contribution in [0, 0.1) is 6.92 Å². The Hall–Kier alpha value is -2.80. The molecule has 2 heterocycles. The molecular formula is C20H29N3O8S. The monoisotopic (exact) mass is 471 g/mol. The summed E-state index contributed by atoms with van der Waals surface area (Å²) in [6.07, 6.45) is 1.14. The average molecular weight is 472 g/mol. The second kappa shape index (κ2) is 12.3. The smallest absolute Gasteiger partial charge is 0.336 e. The third-order valence-electron chi connectivity index (χ3n) is 4.43. The zero-order valence-corrected chi connectivity index (χ0v) is 18.9. The number of carboxylic acid groups (broad SMARTS) is 3. The van der Waals surface area contributed by atoms with Crippen molar-refractivity contribution >= 4 is 29.2 Å². The Labute approximate surface area is 189 Å². The quantitative estimate of drug-likeness (QED) is 0.317. The standard InChI is InChI=1S/C14H21N3OS.C6H8O7/c1-11-4-7-19-13(11)9-17(8-12(2)18)10-14-15-5-6-16(14)3;7-3(8)1-6(13,5(11)12)2-4(9)10/h4-7,12,18H,8-10H2,1-3H3;13H,1-2H2,(H,7,8)(H,9,10)(H,11,12). The Morgan fingerprint density at radius 1 is 1.19 bits per heavy atom. The first-order valence-corrected chi connectivity index (χ1v) is 10.5. The number of aryl methyl sites for hydroxylation is 2. The molecule has 0 fully saturated rings. The van der Waals surface area contributed by atoms with E-state index in [1.807, 2.05) is 30.9 Å². The van der Waals surface area contributed by atoms with E-state index in [1.165, 1.54) is 10.4 Å². The summed E-state index contributed by atoms with van der Waals surface area (Å²) >= 11 is 1.77. The van der Waals surface area contributed by atoms with E-state index in [1.54, 1.807) is 11.3 Å². The highest BCUT2D eigenvalue weighted by molar-refractivity contribution is 7.10. The summed E-state index contributed by atoms with van der Waals surface area (Å²) in [6.45, 7) is 6.23. The fourth-order valence-electron chi connectivity index (χ4n) is 2.79. The summed E-state index contributed by atoms with van der Waals surface area (Å²) in [6, 6.07) is 2.14. The van der Waals surface area contributed by atoms with E-state index in [9.17, 15) is 19.5 Å². The summed E-state index contributed by atoms with van der Waals surface area (Å²) in [5, 5.41) is 45.6. The molecule has 0 saturated heterocycles. The van der Waals surface area contributed by atoms with E-state index in [4.69, 9.17) is 20.4 Å². The fraction of sp³-hybridized carbons (Fsp3) is 0.500. The highest BCUT2D eigenvalue weighted by atomic mass is 32.1. The van der Waals surface area contributed by atoms with Crippen LogP contribution in [0.5, 0.6) is 0 Å². The molecule has 0 spiro atoms. The highest BCUT2D eigenvalue weighted by Crippen LogP contribution is 2.19. The van der Waals surface area contributed by atoms with Crippen molar-refractivity contribution in [2.75, 3.05) is 6.54 Å². The molecule has 1 unspecified atom stereocenters. The zero-order valence-electron chi connectivity index (χ0n) is 18.1. The van der Waals surface area contributed by atoms with Gasteiger partial charge in [0.1, 0.15) is 5.82 Å². The van der Waals surface area contributed by atoms with Crippen LogP contribution >= 0.6 is 11.3 Å². The summed E-state index contributed by atoms with van der Waals surface area (Å²) in [4.78, 5) is 38.4. The second-order valence-corrected chi connectivity index (χ2v) is 8.48. The summed E-state index contributed by atoms with van der Waals surface area (Å²) in [5.41, 5.74) is -1.42. The van der Waals surface area contributed by atoms with E-state index >= 15 is 0 Å². The molecule has 2 rings (SSSR count). The maximum atomic E-state index is 10.3. The number of thiophene rings is 1. The molecule has 0 amide bonds. The Bertz CT molecular complexity index is 850. The van der Waals surface area contributed by atoms with E-state index < -0.39 is 36.4 Å². The number of aromatic nitrogens is 2. The molecule has 0 aliphatic carbocycles. The number of aliphatic hydroxyl groups excluding tert-OH is 1. The highest BCUT2D eigenvalue weighted by Gasteiger charge is 2.40. The van der Waals surface area contributed by atoms with E-state index in [0.29, 0.717) is 6.54 Å². The normalized spacial score (nSPS) is 12.2. The van der Waals surface area contributed by atoms with Gasteiger partial charge in [-0.3, -0.25) is 14.5 Å². The molecule has 0 saturated carbocycles. The first-order chi connectivity index (χ1) is 14.8. The molecule has 11 nitrogen and oxygen atoms in total. The number of hydrogen-bond donors (Lipinski definition) is 5. The van der Waals surface area contributed by atoms with Crippen LogP contribution in [-0.4, -0.2) is 76.1 Å². The van der Waals surface area contributed by atoms with Crippen LogP contribution in [0.3, 0.4) is 0 Å². The van der Waals surface area contributed by atoms with Gasteiger partial charge in [0, 0.05) is 37.4 Å². The molecule has 1 atom stereocenters. The lowest BCUT2D eigenvalue weighted by molar-refractivity contribution is -0.170. The maximum Gasteiger partial charge on any atom is 0.336 e. The van der Waals surface area contributed by atoms with Gasteiger partial charge in [0.05, 0.1) is 25.5 Å². The predicted octanol–water partition coefficient (Wildman–Crippen LogP) is 0.925. The largest absolute Gasteiger partial charge is 0.481 e. The van der Waals surface area contributed by atoms with Crippen molar-refractivity contribution in [2.24, 2.45) is 7.05 Å². The molecule has 12 heteroatoms. The molecule has 2 aromatic heterocycles. The van der Waals surface area contributed by atoms with Crippen molar-refractivity contribution in [2.45, 2.75) is 51.5 Å². The lowest BCUT2D eigenvalue weighted by atomic mass is 9.96. The molecule has 0 aliphatic heterocycles. The third kappa shape index (κ3) is 9.14. The molecule has 2 aromatic rings. The molecule has 32 heavy (non-hydrogen) atoms. The minimum absolute atomic E-state index is 0.333. The van der Waals surface area contributed by atoms with Crippen molar-refractivity contribution < 1.29 is 39.9 Å². The molecule has 5 N–H and O–H groups in total. The van der Waals surface area contributed by atoms with Gasteiger partial charge in [0.2, 0.25) is 0 Å². The van der Waals surface area contributed by atoms with Crippen LogP contribution in [-0.2, 0) is 34.5 Å². The van der Waals surface area contributed by atoms with Crippen LogP contribution in [0.25, 0.3) is 0 Å². The first kappa shape index (κ1) is 27.2. The Morgan fingerprint density at radius 3 is 2.16 bits per heavy atom. The van der Waals surface area contributed by atoms with Crippen LogP contribution in [0.15, 0.2) is 23.8 Å². The number of carbonyl (C=O) groups is 3. The molecule has 0 aromatic carbocycles. The van der Waals surface area contributed by atoms with E-state index in [0.717, 1.165) is 18.9 Å². The van der Waals surface area contributed by atoms with Gasteiger partial charge in [-0.25, -0.2) is 9.78 Å². The third-order valence-corrected chi connectivity index (χ3v) is 5.44. The van der Waals surface area contributed by atoms with Crippen molar-refractivity contribution in [3.8, 4) is 0 Å². The van der Waals surface area contributed by atoms with Crippen molar-refractivity contribution in [3.05, 3.63) is 40.1 Å². The van der Waals surface area contributed by atoms with Gasteiger partial charge in [-0.05, 0) is 30.9 Å². The van der Waals surface area contributed by atoms with Crippen molar-refractivity contribution in [3.63, 3.8) is 0 Å². The second-order valence-electron chi connectivity index (χ2n) is 7.48. The topological polar surface area (TPSA) is 173 Å². The Morgan fingerprint density at radius 2 is 1.78 bits per heavy atom. The van der Waals surface area contributed by atoms with Crippen LogP contribution in [0.1, 0.15) is 36.0 Å². The number of hydrogen-bond acceptors (Lipinski definition) is 8. The minimum atomic E-state index is -2.74. The van der Waals surface area contributed by atoms with Gasteiger partial charge in [0.15, 0.2) is 5.60 Å². The van der Waals surface area contributed by atoms with Crippen LogP contribution in [0.4, 0.5) is 0 Å². The molecule has 0 radical (unpaired) electrons.